The zero-order chi connectivity index (χ0) is 17.3. The molecule has 0 aliphatic carbocycles. The Morgan fingerprint density at radius 1 is 1.25 bits per heavy atom. The molecule has 0 radical (unpaired) electrons. The van der Waals surface area contributed by atoms with E-state index in [1.807, 2.05) is 30.3 Å². The van der Waals surface area contributed by atoms with Crippen molar-refractivity contribution in [3.05, 3.63) is 64.7 Å². The Hall–Kier alpha value is -2.57. The lowest BCUT2D eigenvalue weighted by atomic mass is 9.96. The summed E-state index contributed by atoms with van der Waals surface area (Å²) in [7, 11) is 1.68. The lowest BCUT2D eigenvalue weighted by Crippen LogP contribution is -2.48. The maximum absolute atomic E-state index is 12.5. The number of anilines is 1. The van der Waals surface area contributed by atoms with Crippen molar-refractivity contribution in [1.82, 2.24) is 10.3 Å². The molecule has 124 valence electrons. The van der Waals surface area contributed by atoms with E-state index < -0.39 is 12.1 Å². The largest absolute Gasteiger partial charge is 0.332 e. The molecule has 3 amide bonds. The Morgan fingerprint density at radius 2 is 1.96 bits per heavy atom. The Bertz CT molecular complexity index is 781. The number of hydrogen-bond acceptors (Lipinski definition) is 3. The average molecular weight is 345 g/mol. The van der Waals surface area contributed by atoms with Crippen molar-refractivity contribution in [1.29, 1.82) is 0 Å². The van der Waals surface area contributed by atoms with Gasteiger partial charge in [-0.3, -0.25) is 10.2 Å². The summed E-state index contributed by atoms with van der Waals surface area (Å²) in [5.41, 5.74) is 4.48. The Kier molecular flexibility index (Phi) is 4.42. The molecule has 2 aromatic carbocycles. The molecule has 0 saturated carbocycles. The first kappa shape index (κ1) is 16.3. The van der Waals surface area contributed by atoms with Crippen molar-refractivity contribution >= 4 is 29.2 Å². The van der Waals surface area contributed by atoms with E-state index in [9.17, 15) is 9.59 Å². The van der Waals surface area contributed by atoms with Gasteiger partial charge in [0.05, 0.1) is 6.04 Å². The third-order valence-electron chi connectivity index (χ3n) is 4.14. The molecule has 3 rings (SSSR count). The van der Waals surface area contributed by atoms with Gasteiger partial charge in [0.25, 0.3) is 0 Å². The zero-order valence-corrected chi connectivity index (χ0v) is 13.8. The Balaban J connectivity index is 2.25. The fourth-order valence-corrected chi connectivity index (χ4v) is 3.14. The predicted octanol–water partition coefficient (Wildman–Crippen LogP) is 2.29. The van der Waals surface area contributed by atoms with Gasteiger partial charge in [-0.15, -0.1) is 0 Å². The smallest absolute Gasteiger partial charge is 0.314 e. The number of nitrogens with zero attached hydrogens (tertiary/aromatic N) is 2. The lowest BCUT2D eigenvalue weighted by Gasteiger charge is -2.30. The van der Waals surface area contributed by atoms with Crippen molar-refractivity contribution in [3.8, 4) is 0 Å². The quantitative estimate of drug-likeness (QED) is 0.473. The highest BCUT2D eigenvalue weighted by Crippen LogP contribution is 2.38. The number of hydrogen-bond donors (Lipinski definition) is 2. The molecule has 24 heavy (non-hydrogen) atoms. The van der Waals surface area contributed by atoms with Gasteiger partial charge < -0.3 is 9.80 Å². The standard InChI is InChI=1S/C17H17ClN4O2/c1-21-14-8-7-12(18)9-13(14)16(11-5-3-2-4-6-11)22(10-15(21)23)17(24)20-19/h2-9,16H,10,19H2,1H3,(H,20,24). The molecule has 0 bridgehead atoms. The van der Waals surface area contributed by atoms with Crippen molar-refractivity contribution in [2.24, 2.45) is 5.84 Å². The van der Waals surface area contributed by atoms with Crippen LogP contribution in [-0.2, 0) is 4.79 Å². The van der Waals surface area contributed by atoms with Crippen molar-refractivity contribution in [2.75, 3.05) is 18.5 Å². The summed E-state index contributed by atoms with van der Waals surface area (Å²) in [5.74, 6) is 5.12. The van der Waals surface area contributed by atoms with Gasteiger partial charge in [0.2, 0.25) is 5.91 Å². The summed E-state index contributed by atoms with van der Waals surface area (Å²) >= 11 is 6.18. The van der Waals surface area contributed by atoms with Gasteiger partial charge in [0.1, 0.15) is 6.54 Å². The first-order valence-electron chi connectivity index (χ1n) is 7.41. The molecule has 0 aromatic heterocycles. The topological polar surface area (TPSA) is 78.7 Å². The molecule has 0 saturated heterocycles. The zero-order valence-electron chi connectivity index (χ0n) is 13.1. The summed E-state index contributed by atoms with van der Waals surface area (Å²) in [6.45, 7) is -0.0919. The molecule has 7 heteroatoms. The Labute approximate surface area is 144 Å². The summed E-state index contributed by atoms with van der Waals surface area (Å²) in [4.78, 5) is 27.8. The molecular weight excluding hydrogens is 328 g/mol. The van der Waals surface area contributed by atoms with Crippen molar-refractivity contribution in [2.45, 2.75) is 6.04 Å². The number of fused-ring (bicyclic) bond motifs is 1. The third kappa shape index (κ3) is 2.81. The van der Waals surface area contributed by atoms with Crippen LogP contribution in [0.1, 0.15) is 17.2 Å². The Morgan fingerprint density at radius 3 is 2.62 bits per heavy atom. The van der Waals surface area contributed by atoms with E-state index in [1.165, 1.54) is 9.80 Å². The van der Waals surface area contributed by atoms with Crippen LogP contribution in [0.3, 0.4) is 0 Å². The molecule has 1 aliphatic heterocycles. The van der Waals surface area contributed by atoms with Crippen molar-refractivity contribution in [3.63, 3.8) is 0 Å². The molecule has 1 unspecified atom stereocenters. The van der Waals surface area contributed by atoms with E-state index in [0.29, 0.717) is 10.7 Å². The van der Waals surface area contributed by atoms with Gasteiger partial charge in [0, 0.05) is 23.3 Å². The number of amides is 3. The second kappa shape index (κ2) is 6.51. The van der Waals surface area contributed by atoms with Gasteiger partial charge in [-0.2, -0.15) is 0 Å². The van der Waals surface area contributed by atoms with Gasteiger partial charge in [-0.1, -0.05) is 41.9 Å². The van der Waals surface area contributed by atoms with Crippen molar-refractivity contribution < 1.29 is 9.59 Å². The first-order valence-corrected chi connectivity index (χ1v) is 7.79. The van der Waals surface area contributed by atoms with Gasteiger partial charge in [-0.05, 0) is 23.8 Å². The number of hydrazine groups is 1. The van der Waals surface area contributed by atoms with Gasteiger partial charge in [-0.25, -0.2) is 10.6 Å². The molecule has 1 heterocycles. The van der Waals surface area contributed by atoms with Gasteiger partial charge >= 0.3 is 6.03 Å². The number of carbonyl (C=O) groups is 2. The maximum Gasteiger partial charge on any atom is 0.332 e. The van der Waals surface area contributed by atoms with E-state index in [2.05, 4.69) is 5.43 Å². The molecule has 6 nitrogen and oxygen atoms in total. The van der Waals surface area contributed by atoms with Crippen LogP contribution in [0.5, 0.6) is 0 Å². The summed E-state index contributed by atoms with van der Waals surface area (Å²) in [5, 5.41) is 0.533. The van der Waals surface area contributed by atoms with Crippen LogP contribution in [-0.4, -0.2) is 30.4 Å². The van der Waals surface area contributed by atoms with Crippen LogP contribution in [0.4, 0.5) is 10.5 Å². The normalized spacial score (nSPS) is 17.3. The number of benzene rings is 2. The van der Waals surface area contributed by atoms with Crippen LogP contribution in [0.2, 0.25) is 5.02 Å². The van der Waals surface area contributed by atoms with Crippen LogP contribution >= 0.6 is 11.6 Å². The molecule has 1 atom stereocenters. The summed E-state index contributed by atoms with van der Waals surface area (Å²) in [6, 6.07) is 13.8. The van der Waals surface area contributed by atoms with E-state index in [-0.39, 0.29) is 12.5 Å². The number of likely N-dealkylation sites (N-methyl/N-ethyl adjacent to an activating group) is 1. The second-order valence-electron chi connectivity index (χ2n) is 5.55. The fraction of sp³-hybridized carbons (Fsp3) is 0.176. The maximum atomic E-state index is 12.5. The van der Waals surface area contributed by atoms with Crippen LogP contribution in [0, 0.1) is 0 Å². The second-order valence-corrected chi connectivity index (χ2v) is 5.98. The number of nitrogens with two attached hydrogens (primary N) is 1. The van der Waals surface area contributed by atoms with Crippen LogP contribution < -0.4 is 16.2 Å². The molecule has 1 aliphatic rings. The minimum absolute atomic E-state index is 0.0919. The van der Waals surface area contributed by atoms with E-state index in [0.717, 1.165) is 11.1 Å². The lowest BCUT2D eigenvalue weighted by molar-refractivity contribution is -0.118. The number of rotatable bonds is 1. The molecule has 2 aromatic rings. The average Bonchev–Trinajstić information content (AvgIpc) is 2.70. The molecular formula is C17H17ClN4O2. The highest BCUT2D eigenvalue weighted by molar-refractivity contribution is 6.30. The van der Waals surface area contributed by atoms with Crippen LogP contribution in [0.15, 0.2) is 48.5 Å². The highest BCUT2D eigenvalue weighted by atomic mass is 35.5. The molecule has 0 fully saturated rings. The number of carbonyl (C=O) groups excluding carboxylic acids is 2. The number of nitrogens with one attached hydrogen (secondary N) is 1. The number of halogens is 1. The van der Waals surface area contributed by atoms with E-state index in [4.69, 9.17) is 17.4 Å². The summed E-state index contributed by atoms with van der Waals surface area (Å²) in [6.07, 6.45) is 0. The third-order valence-corrected chi connectivity index (χ3v) is 4.37. The SMILES string of the molecule is CN1C(=O)CN(C(=O)NN)C(c2ccccc2)c2cc(Cl)ccc21. The van der Waals surface area contributed by atoms with E-state index >= 15 is 0 Å². The first-order chi connectivity index (χ1) is 11.5. The fourth-order valence-electron chi connectivity index (χ4n) is 2.96. The van der Waals surface area contributed by atoms with E-state index in [1.54, 1.807) is 25.2 Å². The number of urea groups is 1. The summed E-state index contributed by atoms with van der Waals surface area (Å²) < 4.78 is 0. The monoisotopic (exact) mass is 344 g/mol. The highest BCUT2D eigenvalue weighted by Gasteiger charge is 2.35. The molecule has 3 N–H and O–H groups in total. The molecule has 0 spiro atoms. The minimum atomic E-state index is -0.529. The predicted molar refractivity (Wildman–Crippen MR) is 92.6 cm³/mol. The van der Waals surface area contributed by atoms with Gasteiger partial charge in [0.15, 0.2) is 0 Å². The minimum Gasteiger partial charge on any atom is -0.314 e. The van der Waals surface area contributed by atoms with Crippen LogP contribution in [0.25, 0.3) is 0 Å².